The van der Waals surface area contributed by atoms with Crippen LogP contribution < -0.4 is 10.1 Å². The number of ether oxygens (including phenoxy) is 2. The first-order valence-electron chi connectivity index (χ1n) is 9.56. The molecule has 2 aromatic heterocycles. The Balaban J connectivity index is 1.77. The average Bonchev–Trinajstić information content (AvgIpc) is 3.09. The van der Waals surface area contributed by atoms with Crippen LogP contribution in [-0.4, -0.2) is 40.6 Å². The quantitative estimate of drug-likeness (QED) is 0.497. The van der Waals surface area contributed by atoms with Crippen LogP contribution in [0.2, 0.25) is 0 Å². The van der Waals surface area contributed by atoms with Gasteiger partial charge in [-0.2, -0.15) is 0 Å². The van der Waals surface area contributed by atoms with Crippen LogP contribution in [0, 0.1) is 5.82 Å². The van der Waals surface area contributed by atoms with Crippen molar-refractivity contribution < 1.29 is 23.5 Å². The zero-order valence-electron chi connectivity index (χ0n) is 16.9. The molecule has 2 amide bonds. The molecule has 0 bridgehead atoms. The Morgan fingerprint density at radius 1 is 1.28 bits per heavy atom. The van der Waals surface area contributed by atoms with Gasteiger partial charge in [0, 0.05) is 29.5 Å². The third-order valence-electron chi connectivity index (χ3n) is 4.82. The third-order valence-corrected chi connectivity index (χ3v) is 5.26. The highest BCUT2D eigenvalue weighted by molar-refractivity contribution is 9.10. The van der Waals surface area contributed by atoms with Crippen LogP contribution in [0.5, 0.6) is 5.75 Å². The summed E-state index contributed by atoms with van der Waals surface area (Å²) in [4.78, 5) is 36.4. The van der Waals surface area contributed by atoms with Crippen molar-refractivity contribution in [3.05, 3.63) is 82.0 Å². The highest BCUT2D eigenvalue weighted by atomic mass is 79.9. The number of carbonyl (C=O) groups excluding carboxylic acids is 2. The van der Waals surface area contributed by atoms with Gasteiger partial charge < -0.3 is 19.7 Å². The molecule has 1 unspecified atom stereocenters. The molecule has 0 spiro atoms. The molecule has 0 saturated heterocycles. The minimum Gasteiger partial charge on any atom is -0.467 e. The summed E-state index contributed by atoms with van der Waals surface area (Å²) in [5.41, 5.74) is 1.06. The molecule has 10 heteroatoms. The van der Waals surface area contributed by atoms with Crippen molar-refractivity contribution in [2.45, 2.75) is 12.6 Å². The summed E-state index contributed by atoms with van der Waals surface area (Å²) in [6.07, 6.45) is 3.10. The number of nitrogens with zero attached hydrogens (tertiary/aromatic N) is 3. The van der Waals surface area contributed by atoms with E-state index in [1.54, 1.807) is 30.5 Å². The first kappa shape index (κ1) is 21.8. The van der Waals surface area contributed by atoms with E-state index in [0.717, 1.165) is 0 Å². The number of carbonyl (C=O) groups is 2. The maximum Gasteiger partial charge on any atom is 0.257 e. The molecule has 32 heavy (non-hydrogen) atoms. The van der Waals surface area contributed by atoms with Crippen molar-refractivity contribution in [1.29, 1.82) is 0 Å². The smallest absolute Gasteiger partial charge is 0.257 e. The lowest BCUT2D eigenvalue weighted by Crippen LogP contribution is -2.38. The number of fused-ring (bicyclic) bond motifs is 1. The molecular weight excluding hydrogens is 483 g/mol. The fourth-order valence-electron chi connectivity index (χ4n) is 3.44. The van der Waals surface area contributed by atoms with Gasteiger partial charge in [-0.25, -0.2) is 9.37 Å². The summed E-state index contributed by atoms with van der Waals surface area (Å²) in [5.74, 6) is -1.05. The second kappa shape index (κ2) is 9.41. The molecular formula is C22H18BrFN4O4. The molecule has 164 valence electrons. The lowest BCUT2D eigenvalue weighted by molar-refractivity contribution is -0.121. The second-order valence-electron chi connectivity index (χ2n) is 6.92. The highest BCUT2D eigenvalue weighted by Crippen LogP contribution is 2.36. The predicted octanol–water partition coefficient (Wildman–Crippen LogP) is 3.70. The summed E-state index contributed by atoms with van der Waals surface area (Å²) < 4.78 is 25.4. The summed E-state index contributed by atoms with van der Waals surface area (Å²) in [6, 6.07) is 9.25. The first-order valence-corrected chi connectivity index (χ1v) is 10.4. The average molecular weight is 501 g/mol. The molecule has 4 rings (SSSR count). The number of methoxy groups -OCH3 is 1. The minimum atomic E-state index is -1.21. The molecule has 1 aliphatic rings. The standard InChI is InChI=1S/C22H18BrFN4O4/c1-31-12-32-18-6-5-14(24)9-16(18)20(21(29)27-19-4-2-3-7-25-19)28-11-17-15(22(28)30)8-13(23)10-26-17/h2-10,20H,11-12H2,1H3,(H,25,27,29). The van der Waals surface area contributed by atoms with Crippen LogP contribution in [0.3, 0.4) is 0 Å². The molecule has 0 aliphatic carbocycles. The molecule has 0 saturated carbocycles. The lowest BCUT2D eigenvalue weighted by Gasteiger charge is -2.28. The lowest BCUT2D eigenvalue weighted by atomic mass is 10.0. The van der Waals surface area contributed by atoms with Gasteiger partial charge in [0.1, 0.15) is 23.4 Å². The number of pyridine rings is 2. The van der Waals surface area contributed by atoms with Crippen molar-refractivity contribution in [3.8, 4) is 5.75 Å². The Morgan fingerprint density at radius 3 is 2.88 bits per heavy atom. The molecule has 0 fully saturated rings. The topological polar surface area (TPSA) is 93.7 Å². The maximum absolute atomic E-state index is 14.3. The Bertz CT molecular complexity index is 1160. The van der Waals surface area contributed by atoms with E-state index >= 15 is 0 Å². The van der Waals surface area contributed by atoms with Crippen molar-refractivity contribution >= 4 is 33.6 Å². The van der Waals surface area contributed by atoms with Crippen molar-refractivity contribution in [2.75, 3.05) is 19.2 Å². The molecule has 1 aliphatic heterocycles. The van der Waals surface area contributed by atoms with E-state index in [9.17, 15) is 14.0 Å². The van der Waals surface area contributed by atoms with Crippen molar-refractivity contribution in [2.24, 2.45) is 0 Å². The molecule has 3 heterocycles. The van der Waals surface area contributed by atoms with Gasteiger partial charge in [0.05, 0.1) is 17.8 Å². The zero-order valence-corrected chi connectivity index (χ0v) is 18.5. The number of hydrogen-bond donors (Lipinski definition) is 1. The largest absolute Gasteiger partial charge is 0.467 e. The fraction of sp³-hybridized carbons (Fsp3) is 0.182. The summed E-state index contributed by atoms with van der Waals surface area (Å²) >= 11 is 3.31. The maximum atomic E-state index is 14.3. The van der Waals surface area contributed by atoms with Crippen LogP contribution in [0.4, 0.5) is 10.2 Å². The Hall–Kier alpha value is -3.37. The SMILES string of the molecule is COCOc1ccc(F)cc1C(C(=O)Nc1ccccn1)N1Cc2ncc(Br)cc2C1=O. The molecule has 0 radical (unpaired) electrons. The van der Waals surface area contributed by atoms with E-state index < -0.39 is 23.7 Å². The van der Waals surface area contributed by atoms with E-state index in [1.807, 2.05) is 0 Å². The second-order valence-corrected chi connectivity index (χ2v) is 7.84. The predicted molar refractivity (Wildman–Crippen MR) is 116 cm³/mol. The third kappa shape index (κ3) is 4.46. The Labute approximate surface area is 191 Å². The number of nitrogens with one attached hydrogen (secondary N) is 1. The summed E-state index contributed by atoms with van der Waals surface area (Å²) in [7, 11) is 1.44. The fourth-order valence-corrected chi connectivity index (χ4v) is 3.78. The molecule has 3 aromatic rings. The number of benzene rings is 1. The van der Waals surface area contributed by atoms with E-state index in [2.05, 4.69) is 31.2 Å². The number of amides is 2. The van der Waals surface area contributed by atoms with Gasteiger partial charge in [-0.3, -0.25) is 14.6 Å². The minimum absolute atomic E-state index is 0.0714. The van der Waals surface area contributed by atoms with Gasteiger partial charge in [0.2, 0.25) is 0 Å². The van der Waals surface area contributed by atoms with Crippen molar-refractivity contribution in [1.82, 2.24) is 14.9 Å². The molecule has 1 N–H and O–H groups in total. The molecule has 8 nitrogen and oxygen atoms in total. The summed E-state index contributed by atoms with van der Waals surface area (Å²) in [6.45, 7) is -0.0438. The van der Waals surface area contributed by atoms with E-state index in [4.69, 9.17) is 9.47 Å². The van der Waals surface area contributed by atoms with Crippen LogP contribution in [0.25, 0.3) is 0 Å². The highest BCUT2D eigenvalue weighted by Gasteiger charge is 2.40. The number of hydrogen-bond acceptors (Lipinski definition) is 6. The van der Waals surface area contributed by atoms with Crippen molar-refractivity contribution in [3.63, 3.8) is 0 Å². The number of anilines is 1. The van der Waals surface area contributed by atoms with Gasteiger partial charge in [-0.05, 0) is 52.3 Å². The van der Waals surface area contributed by atoms with Gasteiger partial charge in [0.25, 0.3) is 11.8 Å². The summed E-state index contributed by atoms with van der Waals surface area (Å²) in [5, 5.41) is 2.70. The van der Waals surface area contributed by atoms with E-state index in [1.165, 1.54) is 36.4 Å². The molecule has 1 atom stereocenters. The first-order chi connectivity index (χ1) is 15.5. The van der Waals surface area contributed by atoms with E-state index in [-0.39, 0.29) is 24.7 Å². The number of halogens is 2. The number of aromatic nitrogens is 2. The van der Waals surface area contributed by atoms with Crippen LogP contribution in [-0.2, 0) is 16.1 Å². The van der Waals surface area contributed by atoms with E-state index in [0.29, 0.717) is 21.5 Å². The normalized spacial score (nSPS) is 13.6. The zero-order chi connectivity index (χ0) is 22.7. The van der Waals surface area contributed by atoms with Crippen LogP contribution >= 0.6 is 15.9 Å². The van der Waals surface area contributed by atoms with Gasteiger partial charge >= 0.3 is 0 Å². The van der Waals surface area contributed by atoms with Gasteiger partial charge in [-0.15, -0.1) is 0 Å². The monoisotopic (exact) mass is 500 g/mol. The van der Waals surface area contributed by atoms with Crippen LogP contribution in [0.1, 0.15) is 27.7 Å². The molecule has 1 aromatic carbocycles. The Morgan fingerprint density at radius 2 is 2.12 bits per heavy atom. The number of rotatable bonds is 7. The Kier molecular flexibility index (Phi) is 6.42. The van der Waals surface area contributed by atoms with Gasteiger partial charge in [0.15, 0.2) is 6.79 Å². The van der Waals surface area contributed by atoms with Crippen LogP contribution in [0.15, 0.2) is 59.3 Å². The van der Waals surface area contributed by atoms with Gasteiger partial charge in [-0.1, -0.05) is 6.07 Å².